The minimum Gasteiger partial charge on any atom is -0.370 e. The van der Waals surface area contributed by atoms with E-state index >= 15 is 0 Å². The molecule has 1 aromatic heterocycles. The number of halogens is 1. The molecule has 2 heterocycles. The van der Waals surface area contributed by atoms with E-state index in [-0.39, 0.29) is 16.4 Å². The molecule has 22 heavy (non-hydrogen) atoms. The fourth-order valence-electron chi connectivity index (χ4n) is 2.49. The number of rotatable bonds is 3. The van der Waals surface area contributed by atoms with E-state index in [4.69, 9.17) is 16.3 Å². The second-order valence-corrected chi connectivity index (χ2v) is 9.05. The number of hydrogen-bond acceptors (Lipinski definition) is 4. The largest absolute Gasteiger partial charge is 0.370 e. The van der Waals surface area contributed by atoms with Gasteiger partial charge in [-0.25, -0.2) is 8.42 Å². The van der Waals surface area contributed by atoms with Gasteiger partial charge in [0.1, 0.15) is 4.21 Å². The van der Waals surface area contributed by atoms with Crippen LogP contribution in [0.3, 0.4) is 0 Å². The van der Waals surface area contributed by atoms with Crippen molar-refractivity contribution in [3.8, 4) is 0 Å². The maximum absolute atomic E-state index is 12.8. The van der Waals surface area contributed by atoms with Crippen molar-refractivity contribution in [2.24, 2.45) is 0 Å². The Morgan fingerprint density at radius 3 is 2.59 bits per heavy atom. The van der Waals surface area contributed by atoms with Crippen LogP contribution in [0.1, 0.15) is 18.6 Å². The highest BCUT2D eigenvalue weighted by Gasteiger charge is 2.36. The third-order valence-corrected chi connectivity index (χ3v) is 7.34. The van der Waals surface area contributed by atoms with Crippen LogP contribution in [-0.2, 0) is 14.8 Å². The van der Waals surface area contributed by atoms with E-state index in [2.05, 4.69) is 0 Å². The van der Waals surface area contributed by atoms with Gasteiger partial charge in [0.05, 0.1) is 17.0 Å². The van der Waals surface area contributed by atoms with E-state index in [1.165, 1.54) is 4.31 Å². The van der Waals surface area contributed by atoms with E-state index in [9.17, 15) is 8.42 Å². The highest BCUT2D eigenvalue weighted by molar-refractivity contribution is 7.91. The van der Waals surface area contributed by atoms with Crippen molar-refractivity contribution < 1.29 is 13.2 Å². The Labute approximate surface area is 139 Å². The summed E-state index contributed by atoms with van der Waals surface area (Å²) >= 11 is 6.96. The van der Waals surface area contributed by atoms with Gasteiger partial charge in [0.15, 0.2) is 0 Å². The molecule has 7 heteroatoms. The van der Waals surface area contributed by atoms with E-state index in [0.717, 1.165) is 16.9 Å². The Balaban J connectivity index is 1.89. The predicted octanol–water partition coefficient (Wildman–Crippen LogP) is 3.55. The SMILES string of the molecule is CC1COC(c2ccccc2)CN1S(=O)(=O)c1ccc(Cl)s1. The highest BCUT2D eigenvalue weighted by atomic mass is 35.5. The molecule has 0 aliphatic carbocycles. The Morgan fingerprint density at radius 1 is 1.23 bits per heavy atom. The summed E-state index contributed by atoms with van der Waals surface area (Å²) in [7, 11) is -3.54. The molecule has 0 spiro atoms. The fourth-order valence-corrected chi connectivity index (χ4v) is 5.72. The van der Waals surface area contributed by atoms with E-state index in [1.54, 1.807) is 12.1 Å². The van der Waals surface area contributed by atoms with Gasteiger partial charge in [0.25, 0.3) is 10.0 Å². The van der Waals surface area contributed by atoms with Gasteiger partial charge in [-0.05, 0) is 24.6 Å². The van der Waals surface area contributed by atoms with Crippen molar-refractivity contribution in [2.75, 3.05) is 13.2 Å². The molecular formula is C15H16ClNO3S2. The number of sulfonamides is 1. The third-order valence-electron chi connectivity index (χ3n) is 3.66. The van der Waals surface area contributed by atoms with Crippen molar-refractivity contribution in [3.63, 3.8) is 0 Å². The summed E-state index contributed by atoms with van der Waals surface area (Å²) < 4.78 is 33.7. The maximum Gasteiger partial charge on any atom is 0.253 e. The lowest BCUT2D eigenvalue weighted by atomic mass is 10.1. The zero-order valence-electron chi connectivity index (χ0n) is 12.0. The molecule has 0 bridgehead atoms. The molecule has 1 saturated heterocycles. The smallest absolute Gasteiger partial charge is 0.253 e. The van der Waals surface area contributed by atoms with E-state index in [0.29, 0.717) is 17.5 Å². The van der Waals surface area contributed by atoms with E-state index in [1.807, 2.05) is 37.3 Å². The Morgan fingerprint density at radius 2 is 1.95 bits per heavy atom. The van der Waals surface area contributed by atoms with Crippen LogP contribution in [0.2, 0.25) is 4.34 Å². The maximum atomic E-state index is 12.8. The minimum absolute atomic E-state index is 0.203. The molecule has 0 N–H and O–H groups in total. The number of nitrogens with zero attached hydrogens (tertiary/aromatic N) is 1. The molecule has 118 valence electrons. The average molecular weight is 358 g/mol. The average Bonchev–Trinajstić information content (AvgIpc) is 2.96. The van der Waals surface area contributed by atoms with Crippen LogP contribution in [-0.4, -0.2) is 31.9 Å². The highest BCUT2D eigenvalue weighted by Crippen LogP contribution is 2.33. The number of benzene rings is 1. The molecule has 0 amide bonds. The lowest BCUT2D eigenvalue weighted by molar-refractivity contribution is -0.0287. The van der Waals surface area contributed by atoms with Crippen molar-refractivity contribution in [2.45, 2.75) is 23.3 Å². The van der Waals surface area contributed by atoms with Gasteiger partial charge >= 0.3 is 0 Å². The summed E-state index contributed by atoms with van der Waals surface area (Å²) in [6.07, 6.45) is -0.248. The molecule has 1 fully saturated rings. The monoisotopic (exact) mass is 357 g/mol. The van der Waals surface area contributed by atoms with Crippen LogP contribution in [0.15, 0.2) is 46.7 Å². The summed E-state index contributed by atoms with van der Waals surface area (Å²) in [5.41, 5.74) is 0.985. The molecule has 0 radical (unpaired) electrons. The summed E-state index contributed by atoms with van der Waals surface area (Å²) in [6.45, 7) is 2.54. The van der Waals surface area contributed by atoms with Gasteiger partial charge in [-0.1, -0.05) is 41.9 Å². The molecule has 2 atom stereocenters. The van der Waals surface area contributed by atoms with Crippen LogP contribution in [0.25, 0.3) is 0 Å². The number of thiophene rings is 1. The summed E-state index contributed by atoms with van der Waals surface area (Å²) in [5, 5.41) is 0. The molecule has 3 rings (SSSR count). The number of morpholine rings is 1. The molecular weight excluding hydrogens is 342 g/mol. The molecule has 2 unspecified atom stereocenters. The lowest BCUT2D eigenvalue weighted by Crippen LogP contribution is -2.47. The first-order chi connectivity index (χ1) is 10.5. The number of ether oxygens (including phenoxy) is 1. The molecule has 4 nitrogen and oxygen atoms in total. The standard InChI is InChI=1S/C15H16ClNO3S2/c1-11-10-20-13(12-5-3-2-4-6-12)9-17(11)22(18,19)15-8-7-14(16)21-15/h2-8,11,13H,9-10H2,1H3. The Kier molecular flexibility index (Phi) is 4.56. The zero-order valence-corrected chi connectivity index (χ0v) is 14.4. The van der Waals surface area contributed by atoms with Crippen molar-refractivity contribution in [3.05, 3.63) is 52.4 Å². The fraction of sp³-hybridized carbons (Fsp3) is 0.333. The van der Waals surface area contributed by atoms with Gasteiger partial charge in [0.2, 0.25) is 0 Å². The van der Waals surface area contributed by atoms with Crippen LogP contribution < -0.4 is 0 Å². The summed E-state index contributed by atoms with van der Waals surface area (Å²) in [5.74, 6) is 0. The van der Waals surface area contributed by atoms with Crippen molar-refractivity contribution in [1.29, 1.82) is 0 Å². The zero-order chi connectivity index (χ0) is 15.7. The van der Waals surface area contributed by atoms with Crippen molar-refractivity contribution in [1.82, 2.24) is 4.31 Å². The van der Waals surface area contributed by atoms with E-state index < -0.39 is 10.0 Å². The van der Waals surface area contributed by atoms with Crippen LogP contribution >= 0.6 is 22.9 Å². The van der Waals surface area contributed by atoms with Crippen LogP contribution in [0.5, 0.6) is 0 Å². The molecule has 1 aliphatic heterocycles. The molecule has 1 aromatic carbocycles. The second kappa shape index (κ2) is 6.29. The van der Waals surface area contributed by atoms with Gasteiger partial charge in [0, 0.05) is 12.6 Å². The summed E-state index contributed by atoms with van der Waals surface area (Å²) in [6, 6.07) is 12.6. The van der Waals surface area contributed by atoms with Gasteiger partial charge in [-0.2, -0.15) is 4.31 Å². The van der Waals surface area contributed by atoms with Crippen LogP contribution in [0.4, 0.5) is 0 Å². The quantitative estimate of drug-likeness (QED) is 0.843. The first-order valence-electron chi connectivity index (χ1n) is 6.92. The normalized spacial score (nSPS) is 23.5. The first kappa shape index (κ1) is 16.0. The van der Waals surface area contributed by atoms with Gasteiger partial charge in [-0.3, -0.25) is 0 Å². The Hall–Kier alpha value is -0.920. The molecule has 0 saturated carbocycles. The minimum atomic E-state index is -3.54. The lowest BCUT2D eigenvalue weighted by Gasteiger charge is -2.36. The number of hydrogen-bond donors (Lipinski definition) is 0. The topological polar surface area (TPSA) is 46.6 Å². The first-order valence-corrected chi connectivity index (χ1v) is 9.55. The predicted molar refractivity (Wildman–Crippen MR) is 87.8 cm³/mol. The third kappa shape index (κ3) is 3.07. The second-order valence-electron chi connectivity index (χ2n) is 5.21. The van der Waals surface area contributed by atoms with Gasteiger partial charge in [-0.15, -0.1) is 11.3 Å². The molecule has 1 aliphatic rings. The molecule has 2 aromatic rings. The Bertz CT molecular complexity index is 745. The van der Waals surface area contributed by atoms with Gasteiger partial charge < -0.3 is 4.74 Å². The van der Waals surface area contributed by atoms with Crippen LogP contribution in [0, 0.1) is 0 Å². The van der Waals surface area contributed by atoms with Crippen molar-refractivity contribution >= 4 is 33.0 Å². The summed E-state index contributed by atoms with van der Waals surface area (Å²) in [4.78, 5) is 0.